The van der Waals surface area contributed by atoms with Crippen LogP contribution in [0.25, 0.3) is 10.9 Å². The molecule has 7 heteroatoms. The highest BCUT2D eigenvalue weighted by atomic mass is 16.5. The average molecular weight is 396 g/mol. The summed E-state index contributed by atoms with van der Waals surface area (Å²) in [7, 11) is 6.30. The molecule has 0 spiro atoms. The van der Waals surface area contributed by atoms with Gasteiger partial charge in [0.1, 0.15) is 11.5 Å². The third kappa shape index (κ3) is 4.18. The zero-order valence-corrected chi connectivity index (χ0v) is 17.2. The Hall–Kier alpha value is -3.48. The molecule has 1 aromatic heterocycles. The summed E-state index contributed by atoms with van der Waals surface area (Å²) in [5.41, 5.74) is 2.71. The standard InChI is InChI=1S/C22H24N2O5/c1-13-17(8-14-6-7-16(26-2)10-18(14)24-13)22(25)23-12-15-9-20(28-4)21(29-5)11-19(15)27-3/h6-11H,12H2,1-5H3,(H,23,25). The molecule has 29 heavy (non-hydrogen) atoms. The molecule has 0 unspecified atom stereocenters. The fourth-order valence-electron chi connectivity index (χ4n) is 3.10. The number of aryl methyl sites for hydroxylation is 1. The topological polar surface area (TPSA) is 78.9 Å². The average Bonchev–Trinajstić information content (AvgIpc) is 2.75. The smallest absolute Gasteiger partial charge is 0.253 e. The van der Waals surface area contributed by atoms with Crippen molar-refractivity contribution >= 4 is 16.8 Å². The molecule has 0 aliphatic heterocycles. The molecule has 0 radical (unpaired) electrons. The highest BCUT2D eigenvalue weighted by Crippen LogP contribution is 2.34. The van der Waals surface area contributed by atoms with Crippen LogP contribution in [0.5, 0.6) is 23.0 Å². The van der Waals surface area contributed by atoms with Gasteiger partial charge in [-0.1, -0.05) is 0 Å². The lowest BCUT2D eigenvalue weighted by Gasteiger charge is -2.15. The Bertz CT molecular complexity index is 1050. The molecular formula is C22H24N2O5. The summed E-state index contributed by atoms with van der Waals surface area (Å²) < 4.78 is 21.3. The summed E-state index contributed by atoms with van der Waals surface area (Å²) >= 11 is 0. The van der Waals surface area contributed by atoms with Gasteiger partial charge in [0.15, 0.2) is 11.5 Å². The van der Waals surface area contributed by atoms with E-state index in [-0.39, 0.29) is 12.5 Å². The van der Waals surface area contributed by atoms with Crippen LogP contribution in [-0.4, -0.2) is 39.3 Å². The van der Waals surface area contributed by atoms with E-state index in [0.717, 1.165) is 22.2 Å². The minimum Gasteiger partial charge on any atom is -0.497 e. The predicted molar refractivity (Wildman–Crippen MR) is 110 cm³/mol. The highest BCUT2D eigenvalue weighted by molar-refractivity contribution is 5.98. The second kappa shape index (κ2) is 8.68. The maximum absolute atomic E-state index is 12.8. The molecule has 2 aromatic carbocycles. The van der Waals surface area contributed by atoms with Crippen molar-refractivity contribution in [1.82, 2.24) is 10.3 Å². The molecule has 1 amide bonds. The number of pyridine rings is 1. The number of nitrogens with zero attached hydrogens (tertiary/aromatic N) is 1. The first kappa shape index (κ1) is 20.3. The van der Waals surface area contributed by atoms with E-state index in [1.54, 1.807) is 40.6 Å². The normalized spacial score (nSPS) is 10.5. The first-order valence-electron chi connectivity index (χ1n) is 9.03. The van der Waals surface area contributed by atoms with Gasteiger partial charge in [0, 0.05) is 29.6 Å². The molecule has 0 aliphatic rings. The Morgan fingerprint density at radius 2 is 1.59 bits per heavy atom. The van der Waals surface area contributed by atoms with Crippen molar-refractivity contribution in [2.75, 3.05) is 28.4 Å². The molecule has 3 rings (SSSR count). The van der Waals surface area contributed by atoms with E-state index in [1.165, 1.54) is 0 Å². The summed E-state index contributed by atoms with van der Waals surface area (Å²) in [6.45, 7) is 2.08. The maximum atomic E-state index is 12.8. The van der Waals surface area contributed by atoms with Crippen molar-refractivity contribution in [2.24, 2.45) is 0 Å². The van der Waals surface area contributed by atoms with Crippen LogP contribution in [0.2, 0.25) is 0 Å². The van der Waals surface area contributed by atoms with Gasteiger partial charge in [0.05, 0.1) is 45.2 Å². The predicted octanol–water partition coefficient (Wildman–Crippen LogP) is 3.51. The van der Waals surface area contributed by atoms with Crippen molar-refractivity contribution < 1.29 is 23.7 Å². The molecule has 3 aromatic rings. The number of benzene rings is 2. The number of ether oxygens (including phenoxy) is 4. The van der Waals surface area contributed by atoms with Crippen molar-refractivity contribution in [3.63, 3.8) is 0 Å². The van der Waals surface area contributed by atoms with Crippen LogP contribution in [0.4, 0.5) is 0 Å². The summed E-state index contributed by atoms with van der Waals surface area (Å²) in [6.07, 6.45) is 0. The number of hydrogen-bond acceptors (Lipinski definition) is 6. The number of rotatable bonds is 7. The van der Waals surface area contributed by atoms with Gasteiger partial charge in [-0.2, -0.15) is 0 Å². The van der Waals surface area contributed by atoms with Gasteiger partial charge >= 0.3 is 0 Å². The van der Waals surface area contributed by atoms with Crippen molar-refractivity contribution in [3.05, 3.63) is 53.2 Å². The van der Waals surface area contributed by atoms with Gasteiger partial charge in [-0.25, -0.2) is 0 Å². The molecule has 152 valence electrons. The largest absolute Gasteiger partial charge is 0.497 e. The van der Waals surface area contributed by atoms with Gasteiger partial charge in [-0.05, 0) is 31.2 Å². The summed E-state index contributed by atoms with van der Waals surface area (Å²) in [6, 6.07) is 10.9. The van der Waals surface area contributed by atoms with Gasteiger partial charge in [-0.3, -0.25) is 9.78 Å². The Morgan fingerprint density at radius 1 is 0.897 bits per heavy atom. The number of fused-ring (bicyclic) bond motifs is 1. The number of amides is 1. The number of nitrogens with one attached hydrogen (secondary N) is 1. The minimum absolute atomic E-state index is 0.218. The molecule has 0 fully saturated rings. The second-order valence-corrected chi connectivity index (χ2v) is 6.38. The molecule has 0 saturated heterocycles. The van der Waals surface area contributed by atoms with E-state index in [2.05, 4.69) is 10.3 Å². The van der Waals surface area contributed by atoms with Gasteiger partial charge in [0.2, 0.25) is 0 Å². The lowest BCUT2D eigenvalue weighted by Crippen LogP contribution is -2.24. The summed E-state index contributed by atoms with van der Waals surface area (Å²) in [5, 5.41) is 3.79. The van der Waals surface area contributed by atoms with E-state index in [0.29, 0.717) is 28.5 Å². The molecule has 0 saturated carbocycles. The van der Waals surface area contributed by atoms with Crippen LogP contribution in [0.1, 0.15) is 21.6 Å². The zero-order valence-electron chi connectivity index (χ0n) is 17.2. The van der Waals surface area contributed by atoms with E-state index in [9.17, 15) is 4.79 Å². The van der Waals surface area contributed by atoms with Crippen LogP contribution in [-0.2, 0) is 6.54 Å². The number of hydrogen-bond donors (Lipinski definition) is 1. The Labute approximate surface area is 169 Å². The molecular weight excluding hydrogens is 372 g/mol. The first-order valence-corrected chi connectivity index (χ1v) is 9.03. The van der Waals surface area contributed by atoms with E-state index < -0.39 is 0 Å². The SMILES string of the molecule is COc1ccc2cc(C(=O)NCc3cc(OC)c(OC)cc3OC)c(C)nc2c1. The molecule has 7 nitrogen and oxygen atoms in total. The third-order valence-electron chi connectivity index (χ3n) is 4.69. The first-order chi connectivity index (χ1) is 14.0. The summed E-state index contributed by atoms with van der Waals surface area (Å²) in [5.74, 6) is 2.23. The molecule has 0 bridgehead atoms. The number of carbonyl (C=O) groups is 1. The fourth-order valence-corrected chi connectivity index (χ4v) is 3.10. The third-order valence-corrected chi connectivity index (χ3v) is 4.69. The van der Waals surface area contributed by atoms with E-state index in [1.807, 2.05) is 31.2 Å². The maximum Gasteiger partial charge on any atom is 0.253 e. The molecule has 0 aliphatic carbocycles. The molecule has 1 heterocycles. The van der Waals surface area contributed by atoms with Gasteiger partial charge in [-0.15, -0.1) is 0 Å². The quantitative estimate of drug-likeness (QED) is 0.658. The Morgan fingerprint density at radius 3 is 2.24 bits per heavy atom. The Kier molecular flexibility index (Phi) is 6.07. The van der Waals surface area contributed by atoms with Crippen molar-refractivity contribution in [2.45, 2.75) is 13.5 Å². The zero-order chi connectivity index (χ0) is 21.0. The van der Waals surface area contributed by atoms with Crippen LogP contribution in [0.3, 0.4) is 0 Å². The van der Waals surface area contributed by atoms with E-state index in [4.69, 9.17) is 18.9 Å². The number of aromatic nitrogens is 1. The molecule has 0 atom stereocenters. The van der Waals surface area contributed by atoms with Crippen LogP contribution >= 0.6 is 0 Å². The minimum atomic E-state index is -0.218. The lowest BCUT2D eigenvalue weighted by atomic mass is 10.1. The van der Waals surface area contributed by atoms with Gasteiger partial charge in [0.25, 0.3) is 5.91 Å². The van der Waals surface area contributed by atoms with Gasteiger partial charge < -0.3 is 24.3 Å². The fraction of sp³-hybridized carbons (Fsp3) is 0.273. The lowest BCUT2D eigenvalue weighted by molar-refractivity contribution is 0.0950. The van der Waals surface area contributed by atoms with Crippen LogP contribution < -0.4 is 24.3 Å². The summed E-state index contributed by atoms with van der Waals surface area (Å²) in [4.78, 5) is 17.4. The van der Waals surface area contributed by atoms with Crippen molar-refractivity contribution in [1.29, 1.82) is 0 Å². The monoisotopic (exact) mass is 396 g/mol. The number of methoxy groups -OCH3 is 4. The Balaban J connectivity index is 1.85. The molecule has 1 N–H and O–H groups in total. The second-order valence-electron chi connectivity index (χ2n) is 6.38. The van der Waals surface area contributed by atoms with Crippen LogP contribution in [0, 0.1) is 6.92 Å². The number of carbonyl (C=O) groups excluding carboxylic acids is 1. The van der Waals surface area contributed by atoms with Crippen LogP contribution in [0.15, 0.2) is 36.4 Å². The van der Waals surface area contributed by atoms with E-state index >= 15 is 0 Å². The van der Waals surface area contributed by atoms with Crippen molar-refractivity contribution in [3.8, 4) is 23.0 Å². The highest BCUT2D eigenvalue weighted by Gasteiger charge is 2.15.